The van der Waals surface area contributed by atoms with Gasteiger partial charge in [0.25, 0.3) is 10.2 Å². The highest BCUT2D eigenvalue weighted by molar-refractivity contribution is 7.87. The third kappa shape index (κ3) is 6.34. The average molecular weight is 222 g/mol. The zero-order valence-corrected chi connectivity index (χ0v) is 10.2. The van der Waals surface area contributed by atoms with Crippen LogP contribution in [0.15, 0.2) is 0 Å². The van der Waals surface area contributed by atoms with Crippen molar-refractivity contribution >= 4 is 10.2 Å². The Morgan fingerprint density at radius 2 is 1.64 bits per heavy atom. The van der Waals surface area contributed by atoms with Crippen molar-refractivity contribution in [3.8, 4) is 0 Å². The molecule has 0 heterocycles. The summed E-state index contributed by atoms with van der Waals surface area (Å²) in [6, 6.07) is 0. The Morgan fingerprint density at radius 3 is 2.07 bits per heavy atom. The zero-order chi connectivity index (χ0) is 11.0. The molecule has 0 saturated carbocycles. The van der Waals surface area contributed by atoms with Crippen molar-refractivity contribution < 1.29 is 8.42 Å². The molecular formula is C9H22N2O2S. The van der Waals surface area contributed by atoms with E-state index in [1.165, 1.54) is 0 Å². The molecule has 0 aromatic carbocycles. The van der Waals surface area contributed by atoms with Crippen LogP contribution in [0.5, 0.6) is 0 Å². The predicted molar refractivity (Wildman–Crippen MR) is 59.3 cm³/mol. The fourth-order valence-electron chi connectivity index (χ4n) is 1.09. The summed E-state index contributed by atoms with van der Waals surface area (Å²) in [5.41, 5.74) is 0. The van der Waals surface area contributed by atoms with Crippen LogP contribution in [0.25, 0.3) is 0 Å². The van der Waals surface area contributed by atoms with Gasteiger partial charge in [0.05, 0.1) is 0 Å². The van der Waals surface area contributed by atoms with Crippen molar-refractivity contribution in [1.29, 1.82) is 0 Å². The molecule has 0 aliphatic rings. The molecule has 4 nitrogen and oxygen atoms in total. The highest BCUT2D eigenvalue weighted by Crippen LogP contribution is 2.05. The summed E-state index contributed by atoms with van der Waals surface area (Å²) in [7, 11) is -3.26. The summed E-state index contributed by atoms with van der Waals surface area (Å²) in [6.45, 7) is 7.11. The first-order valence-corrected chi connectivity index (χ1v) is 6.78. The molecule has 0 rings (SSSR count). The Balaban J connectivity index is 3.86. The van der Waals surface area contributed by atoms with Crippen molar-refractivity contribution in [2.45, 2.75) is 40.0 Å². The van der Waals surface area contributed by atoms with E-state index in [0.717, 1.165) is 19.3 Å². The molecule has 0 spiro atoms. The normalized spacial score (nSPS) is 12.3. The molecule has 0 aliphatic carbocycles. The molecule has 2 N–H and O–H groups in total. The van der Waals surface area contributed by atoms with Crippen LogP contribution in [0, 0.1) is 5.92 Å². The lowest BCUT2D eigenvalue weighted by molar-refractivity contribution is 0.475. The summed E-state index contributed by atoms with van der Waals surface area (Å²) in [5.74, 6) is 0.438. The number of rotatable bonds is 8. The van der Waals surface area contributed by atoms with E-state index in [-0.39, 0.29) is 0 Å². The van der Waals surface area contributed by atoms with Crippen LogP contribution in [0.4, 0.5) is 0 Å². The highest BCUT2D eigenvalue weighted by atomic mass is 32.2. The van der Waals surface area contributed by atoms with Crippen LogP contribution in [0.3, 0.4) is 0 Å². The monoisotopic (exact) mass is 222 g/mol. The summed E-state index contributed by atoms with van der Waals surface area (Å²) in [4.78, 5) is 0. The second kappa shape index (κ2) is 7.20. The van der Waals surface area contributed by atoms with Gasteiger partial charge in [-0.1, -0.05) is 33.6 Å². The minimum absolute atomic E-state index is 0.438. The maximum Gasteiger partial charge on any atom is 0.276 e. The molecule has 0 saturated heterocycles. The minimum atomic E-state index is -3.26. The van der Waals surface area contributed by atoms with E-state index >= 15 is 0 Å². The second-order valence-corrected chi connectivity index (χ2v) is 5.01. The first kappa shape index (κ1) is 13.9. The van der Waals surface area contributed by atoms with Crippen LogP contribution in [-0.2, 0) is 10.2 Å². The summed E-state index contributed by atoms with van der Waals surface area (Å²) in [5, 5.41) is 0. The van der Waals surface area contributed by atoms with Crippen molar-refractivity contribution in [3.63, 3.8) is 0 Å². The Labute approximate surface area is 87.7 Å². The van der Waals surface area contributed by atoms with Crippen molar-refractivity contribution in [2.24, 2.45) is 5.92 Å². The molecule has 0 aromatic rings. The Bertz CT molecular complexity index is 223. The maximum atomic E-state index is 11.3. The van der Waals surface area contributed by atoms with Crippen LogP contribution < -0.4 is 9.44 Å². The molecule has 0 atom stereocenters. The lowest BCUT2D eigenvalue weighted by Crippen LogP contribution is -2.39. The van der Waals surface area contributed by atoms with Crippen LogP contribution in [0.2, 0.25) is 0 Å². The van der Waals surface area contributed by atoms with Gasteiger partial charge in [0.1, 0.15) is 0 Å². The summed E-state index contributed by atoms with van der Waals surface area (Å²) >= 11 is 0. The first-order chi connectivity index (χ1) is 6.55. The molecule has 0 unspecified atom stereocenters. The first-order valence-electron chi connectivity index (χ1n) is 5.29. The molecule has 0 amide bonds. The Morgan fingerprint density at radius 1 is 1.07 bits per heavy atom. The molecule has 0 aliphatic heterocycles. The standard InChI is InChI=1S/C9H22N2O2S/c1-4-7-10-14(12,13)11-8-9(5-2)6-3/h9-11H,4-8H2,1-3H3. The van der Waals surface area contributed by atoms with Gasteiger partial charge in [-0.15, -0.1) is 0 Å². The van der Waals surface area contributed by atoms with Gasteiger partial charge in [-0.05, 0) is 12.3 Å². The fraction of sp³-hybridized carbons (Fsp3) is 1.00. The predicted octanol–water partition coefficient (Wildman–Crippen LogP) is 1.26. The van der Waals surface area contributed by atoms with Crippen LogP contribution in [-0.4, -0.2) is 21.5 Å². The molecule has 5 heteroatoms. The fourth-order valence-corrected chi connectivity index (χ4v) is 2.12. The van der Waals surface area contributed by atoms with E-state index < -0.39 is 10.2 Å². The van der Waals surface area contributed by atoms with Gasteiger partial charge in [0.15, 0.2) is 0 Å². The van der Waals surface area contributed by atoms with Crippen molar-refractivity contribution in [3.05, 3.63) is 0 Å². The lowest BCUT2D eigenvalue weighted by atomic mass is 10.0. The van der Waals surface area contributed by atoms with Gasteiger partial charge in [0, 0.05) is 13.1 Å². The SMILES string of the molecule is CCCNS(=O)(=O)NCC(CC)CC. The van der Waals surface area contributed by atoms with E-state index in [4.69, 9.17) is 0 Å². The smallest absolute Gasteiger partial charge is 0.202 e. The van der Waals surface area contributed by atoms with Gasteiger partial charge in [-0.25, -0.2) is 9.44 Å². The van der Waals surface area contributed by atoms with Gasteiger partial charge >= 0.3 is 0 Å². The topological polar surface area (TPSA) is 58.2 Å². The van der Waals surface area contributed by atoms with E-state index in [1.807, 2.05) is 6.92 Å². The van der Waals surface area contributed by atoms with Gasteiger partial charge in [-0.3, -0.25) is 0 Å². The average Bonchev–Trinajstić information content (AvgIpc) is 2.16. The summed E-state index contributed by atoms with van der Waals surface area (Å²) < 4.78 is 27.6. The highest BCUT2D eigenvalue weighted by Gasteiger charge is 2.10. The lowest BCUT2D eigenvalue weighted by Gasteiger charge is -2.13. The largest absolute Gasteiger partial charge is 0.276 e. The Kier molecular flexibility index (Phi) is 7.13. The molecule has 0 fully saturated rings. The van der Waals surface area contributed by atoms with Crippen molar-refractivity contribution in [2.75, 3.05) is 13.1 Å². The number of nitrogens with one attached hydrogen (secondary N) is 2. The minimum Gasteiger partial charge on any atom is -0.202 e. The van der Waals surface area contributed by atoms with E-state index in [1.54, 1.807) is 0 Å². The zero-order valence-electron chi connectivity index (χ0n) is 9.34. The molecule has 0 aromatic heterocycles. The molecular weight excluding hydrogens is 200 g/mol. The van der Waals surface area contributed by atoms with E-state index in [0.29, 0.717) is 19.0 Å². The molecule has 86 valence electrons. The molecule has 0 bridgehead atoms. The van der Waals surface area contributed by atoms with Gasteiger partial charge in [0.2, 0.25) is 0 Å². The quantitative estimate of drug-likeness (QED) is 0.649. The van der Waals surface area contributed by atoms with E-state index in [2.05, 4.69) is 23.3 Å². The maximum absolute atomic E-state index is 11.3. The third-order valence-electron chi connectivity index (χ3n) is 2.26. The van der Waals surface area contributed by atoms with Crippen molar-refractivity contribution in [1.82, 2.24) is 9.44 Å². The van der Waals surface area contributed by atoms with Gasteiger partial charge < -0.3 is 0 Å². The molecule has 14 heavy (non-hydrogen) atoms. The summed E-state index contributed by atoms with van der Waals surface area (Å²) in [6.07, 6.45) is 2.82. The van der Waals surface area contributed by atoms with E-state index in [9.17, 15) is 8.42 Å². The second-order valence-electron chi connectivity index (χ2n) is 3.43. The number of hydrogen-bond donors (Lipinski definition) is 2. The third-order valence-corrected chi connectivity index (χ3v) is 3.39. The number of hydrogen-bond acceptors (Lipinski definition) is 2. The van der Waals surface area contributed by atoms with Gasteiger partial charge in [-0.2, -0.15) is 8.42 Å². The van der Waals surface area contributed by atoms with Crippen LogP contribution >= 0.6 is 0 Å². The Hall–Kier alpha value is -0.130. The van der Waals surface area contributed by atoms with Crippen LogP contribution in [0.1, 0.15) is 40.0 Å². The molecule has 0 radical (unpaired) electrons.